The molecule has 3 aromatic rings. The Kier molecular flexibility index (Phi) is 7.73. The van der Waals surface area contributed by atoms with Crippen LogP contribution < -0.4 is 9.80 Å². The van der Waals surface area contributed by atoms with Gasteiger partial charge in [-0.25, -0.2) is 22.5 Å². The highest BCUT2D eigenvalue weighted by Crippen LogP contribution is 2.44. The Morgan fingerprint density at radius 2 is 1.73 bits per heavy atom. The van der Waals surface area contributed by atoms with E-state index in [1.54, 1.807) is 18.2 Å². The number of nitrogens with zero attached hydrogens (tertiary/aromatic N) is 4. The molecule has 0 bridgehead atoms. The highest BCUT2D eigenvalue weighted by atomic mass is 19.3. The lowest BCUT2D eigenvalue weighted by Crippen LogP contribution is -2.56. The van der Waals surface area contributed by atoms with Crippen LogP contribution in [0.2, 0.25) is 0 Å². The molecule has 0 radical (unpaired) electrons. The summed E-state index contributed by atoms with van der Waals surface area (Å²) >= 11 is 0. The van der Waals surface area contributed by atoms with Crippen LogP contribution in [0.3, 0.4) is 0 Å². The van der Waals surface area contributed by atoms with E-state index in [1.807, 2.05) is 19.1 Å². The Labute approximate surface area is 251 Å². The van der Waals surface area contributed by atoms with Crippen molar-refractivity contribution in [3.05, 3.63) is 102 Å². The molecule has 228 valence electrons. The van der Waals surface area contributed by atoms with Gasteiger partial charge in [0.15, 0.2) is 0 Å². The Morgan fingerprint density at radius 1 is 0.977 bits per heavy atom. The average molecular weight is 607 g/mol. The van der Waals surface area contributed by atoms with Crippen LogP contribution in [0.1, 0.15) is 62.1 Å². The molecule has 1 saturated heterocycles. The first kappa shape index (κ1) is 29.5. The molecule has 1 saturated carbocycles. The van der Waals surface area contributed by atoms with Crippen LogP contribution in [-0.4, -0.2) is 45.6 Å². The first-order valence-electron chi connectivity index (χ1n) is 14.5. The lowest BCUT2D eigenvalue weighted by molar-refractivity contribution is -0.149. The Bertz CT molecular complexity index is 1620. The van der Waals surface area contributed by atoms with Crippen molar-refractivity contribution >= 4 is 29.2 Å². The van der Waals surface area contributed by atoms with Gasteiger partial charge in [-0.1, -0.05) is 43.3 Å². The summed E-state index contributed by atoms with van der Waals surface area (Å²) in [6.45, 7) is 1.96. The summed E-state index contributed by atoms with van der Waals surface area (Å²) in [6, 6.07) is 11.4. The van der Waals surface area contributed by atoms with E-state index in [0.717, 1.165) is 23.9 Å². The maximum absolute atomic E-state index is 14.8. The number of carbonyl (C=O) groups is 3. The second-order valence-electron chi connectivity index (χ2n) is 11.6. The van der Waals surface area contributed by atoms with Gasteiger partial charge in [0.05, 0.1) is 6.20 Å². The van der Waals surface area contributed by atoms with Crippen molar-refractivity contribution in [1.29, 1.82) is 0 Å². The number of hydrogen-bond acceptors (Lipinski definition) is 4. The molecule has 7 nitrogen and oxygen atoms in total. The van der Waals surface area contributed by atoms with Gasteiger partial charge in [0.25, 0.3) is 17.7 Å². The molecule has 3 unspecified atom stereocenters. The molecule has 1 aromatic heterocycles. The highest BCUT2D eigenvalue weighted by molar-refractivity contribution is 6.10. The molecule has 0 N–H and O–H groups in total. The molecule has 6 rings (SSSR count). The van der Waals surface area contributed by atoms with Crippen LogP contribution in [0.15, 0.2) is 79.1 Å². The fourth-order valence-electron chi connectivity index (χ4n) is 6.34. The zero-order valence-corrected chi connectivity index (χ0v) is 23.9. The topological polar surface area (TPSA) is 73.8 Å². The molecule has 1 aliphatic carbocycles. The van der Waals surface area contributed by atoms with Gasteiger partial charge in [0.2, 0.25) is 5.91 Å². The number of benzene rings is 2. The van der Waals surface area contributed by atoms with Crippen LogP contribution in [0.4, 0.5) is 29.1 Å². The van der Waals surface area contributed by atoms with Crippen LogP contribution in [0.25, 0.3) is 0 Å². The van der Waals surface area contributed by atoms with Gasteiger partial charge in [-0.05, 0) is 60.2 Å². The van der Waals surface area contributed by atoms with Crippen LogP contribution in [0, 0.1) is 11.6 Å². The number of allylic oxidation sites excluding steroid dienone is 1. The van der Waals surface area contributed by atoms with Gasteiger partial charge in [0.1, 0.15) is 29.5 Å². The number of pyridine rings is 1. The number of amides is 3. The van der Waals surface area contributed by atoms with Crippen molar-refractivity contribution in [3.8, 4) is 0 Å². The minimum absolute atomic E-state index is 0.00922. The zero-order valence-electron chi connectivity index (χ0n) is 23.9. The number of hydrogen-bond donors (Lipinski definition) is 0. The molecule has 3 heterocycles. The van der Waals surface area contributed by atoms with Gasteiger partial charge in [-0.2, -0.15) is 0 Å². The molecule has 3 aliphatic rings. The summed E-state index contributed by atoms with van der Waals surface area (Å²) in [4.78, 5) is 50.1. The standard InChI is InChI=1S/C33H30F4N4O3/c1-20-6-5-15-39(24-17-33(36,37)18-24)32(44)30(26-10-3-2-9-25(20)26)40(23-8-4-7-21(34)16-23)31(43)27-12-14-29(42)41(27)28-13-11-22(35)19-38-28/h2-5,7-11,13,15-16,19-20,24,27,30H,6,12,14,17-18H2,1H3. The van der Waals surface area contributed by atoms with E-state index >= 15 is 0 Å². The molecular weight excluding hydrogens is 576 g/mol. The maximum Gasteiger partial charge on any atom is 0.254 e. The first-order chi connectivity index (χ1) is 21.0. The largest absolute Gasteiger partial charge is 0.314 e. The van der Waals surface area contributed by atoms with Crippen molar-refractivity contribution in [2.24, 2.45) is 0 Å². The zero-order chi connectivity index (χ0) is 31.2. The van der Waals surface area contributed by atoms with Crippen molar-refractivity contribution in [3.63, 3.8) is 0 Å². The van der Waals surface area contributed by atoms with Crippen LogP contribution >= 0.6 is 0 Å². The molecule has 44 heavy (non-hydrogen) atoms. The van der Waals surface area contributed by atoms with E-state index in [0.29, 0.717) is 12.0 Å². The molecule has 2 aliphatic heterocycles. The second-order valence-corrected chi connectivity index (χ2v) is 11.6. The van der Waals surface area contributed by atoms with E-state index in [9.17, 15) is 31.9 Å². The third kappa shape index (κ3) is 5.46. The van der Waals surface area contributed by atoms with E-state index in [4.69, 9.17) is 0 Å². The summed E-state index contributed by atoms with van der Waals surface area (Å²) in [7, 11) is 0. The highest BCUT2D eigenvalue weighted by Gasteiger charge is 2.51. The number of alkyl halides is 2. The van der Waals surface area contributed by atoms with E-state index in [1.165, 1.54) is 45.2 Å². The number of halogens is 4. The summed E-state index contributed by atoms with van der Waals surface area (Å²) in [5.74, 6) is -5.98. The number of carbonyl (C=O) groups excluding carboxylic acids is 3. The summed E-state index contributed by atoms with van der Waals surface area (Å²) in [5, 5.41) is 0. The Morgan fingerprint density at radius 3 is 2.41 bits per heavy atom. The lowest BCUT2D eigenvalue weighted by atomic mass is 9.85. The predicted molar refractivity (Wildman–Crippen MR) is 155 cm³/mol. The Hall–Kier alpha value is -4.54. The number of aromatic nitrogens is 1. The molecule has 2 aromatic carbocycles. The molecular formula is C33H30F4N4O3. The minimum atomic E-state index is -2.91. The van der Waals surface area contributed by atoms with Gasteiger partial charge in [-0.15, -0.1) is 0 Å². The summed E-state index contributed by atoms with van der Waals surface area (Å²) < 4.78 is 56.6. The average Bonchev–Trinajstić information content (AvgIpc) is 3.38. The fraction of sp³-hybridized carbons (Fsp3) is 0.333. The van der Waals surface area contributed by atoms with Crippen molar-refractivity contribution in [2.45, 2.75) is 69.0 Å². The molecule has 2 fully saturated rings. The Balaban J connectivity index is 1.52. The summed E-state index contributed by atoms with van der Waals surface area (Å²) in [6.07, 6.45) is 3.73. The smallest absolute Gasteiger partial charge is 0.254 e. The lowest BCUT2D eigenvalue weighted by Gasteiger charge is -2.44. The van der Waals surface area contributed by atoms with Crippen molar-refractivity contribution < 1.29 is 31.9 Å². The van der Waals surface area contributed by atoms with Crippen molar-refractivity contribution in [2.75, 3.05) is 9.80 Å². The third-order valence-electron chi connectivity index (χ3n) is 8.57. The van der Waals surface area contributed by atoms with Crippen molar-refractivity contribution in [1.82, 2.24) is 9.88 Å². The van der Waals surface area contributed by atoms with E-state index < -0.39 is 66.2 Å². The SMILES string of the molecule is CC1CC=CN(C2CC(F)(F)C2)C(=O)C(N(C(=O)C2CCC(=O)N2c2ccc(F)cn2)c2cccc(F)c2)c2ccccc21. The van der Waals surface area contributed by atoms with Crippen LogP contribution in [0.5, 0.6) is 0 Å². The normalized spacial score (nSPS) is 23.4. The monoisotopic (exact) mass is 606 g/mol. The molecule has 0 spiro atoms. The van der Waals surface area contributed by atoms with E-state index in [-0.39, 0.29) is 30.3 Å². The molecule has 3 amide bonds. The quantitative estimate of drug-likeness (QED) is 0.321. The number of rotatable bonds is 5. The van der Waals surface area contributed by atoms with E-state index in [2.05, 4.69) is 4.98 Å². The van der Waals surface area contributed by atoms with Gasteiger partial charge >= 0.3 is 0 Å². The fourth-order valence-corrected chi connectivity index (χ4v) is 6.34. The molecule has 11 heteroatoms. The van der Waals surface area contributed by atoms with Gasteiger partial charge in [-0.3, -0.25) is 24.2 Å². The minimum Gasteiger partial charge on any atom is -0.314 e. The number of anilines is 2. The van der Waals surface area contributed by atoms with Gasteiger partial charge < -0.3 is 4.90 Å². The predicted octanol–water partition coefficient (Wildman–Crippen LogP) is 6.28. The second kappa shape index (κ2) is 11.5. The van der Waals surface area contributed by atoms with Gasteiger partial charge in [0, 0.05) is 37.2 Å². The third-order valence-corrected chi connectivity index (χ3v) is 8.57. The summed E-state index contributed by atoms with van der Waals surface area (Å²) in [5.41, 5.74) is 1.30. The maximum atomic E-state index is 14.8. The first-order valence-corrected chi connectivity index (χ1v) is 14.5. The number of fused-ring (bicyclic) bond motifs is 1. The molecule has 3 atom stereocenters. The van der Waals surface area contributed by atoms with Crippen LogP contribution in [-0.2, 0) is 14.4 Å².